The van der Waals surface area contributed by atoms with Crippen molar-refractivity contribution < 1.29 is 19.2 Å². The number of hydrogen-bond donors (Lipinski definition) is 1. The van der Waals surface area contributed by atoms with E-state index in [2.05, 4.69) is 20.1 Å². The van der Waals surface area contributed by atoms with Gasteiger partial charge in [-0.1, -0.05) is 29.4 Å². The van der Waals surface area contributed by atoms with Crippen molar-refractivity contribution in [3.8, 4) is 28.6 Å². The van der Waals surface area contributed by atoms with Crippen LogP contribution in [0.15, 0.2) is 59.3 Å². The minimum Gasteiger partial charge on any atom is -0.502 e. The van der Waals surface area contributed by atoms with E-state index in [4.69, 9.17) is 20.9 Å². The molecule has 2 aromatic carbocycles. The number of carboxylic acids is 1. The summed E-state index contributed by atoms with van der Waals surface area (Å²) in [6, 6.07) is 14.1. The highest BCUT2D eigenvalue weighted by atomic mass is 16.5. The SMILES string of the molecule is [C-]#[N+]c1cc(-c2nc(-c3ccc(Cn4ccc(C(=O)O)n4)cc3)no2)ccc1OC(C)C. The maximum absolute atomic E-state index is 10.9. The molecule has 0 aliphatic rings. The van der Waals surface area contributed by atoms with E-state index in [1.54, 1.807) is 29.1 Å². The maximum Gasteiger partial charge on any atom is 0.356 e. The smallest absolute Gasteiger partial charge is 0.356 e. The number of aromatic nitrogens is 4. The Morgan fingerprint density at radius 3 is 2.59 bits per heavy atom. The summed E-state index contributed by atoms with van der Waals surface area (Å²) < 4.78 is 12.6. The van der Waals surface area contributed by atoms with Gasteiger partial charge in [-0.15, -0.1) is 0 Å². The number of ether oxygens (including phenoxy) is 1. The van der Waals surface area contributed by atoms with Crippen LogP contribution < -0.4 is 4.74 Å². The monoisotopic (exact) mass is 429 g/mol. The second kappa shape index (κ2) is 8.73. The lowest BCUT2D eigenvalue weighted by Gasteiger charge is -2.11. The molecule has 0 spiro atoms. The summed E-state index contributed by atoms with van der Waals surface area (Å²) in [5.74, 6) is 0.188. The first-order chi connectivity index (χ1) is 15.4. The fourth-order valence-electron chi connectivity index (χ4n) is 3.06. The van der Waals surface area contributed by atoms with E-state index in [0.29, 0.717) is 35.3 Å². The van der Waals surface area contributed by atoms with Gasteiger partial charge in [0.15, 0.2) is 5.69 Å². The van der Waals surface area contributed by atoms with Crippen molar-refractivity contribution in [3.05, 3.63) is 77.4 Å². The van der Waals surface area contributed by atoms with Gasteiger partial charge in [0.1, 0.15) is 5.75 Å². The molecule has 0 bridgehead atoms. The van der Waals surface area contributed by atoms with Crippen molar-refractivity contribution in [1.29, 1.82) is 0 Å². The highest BCUT2D eigenvalue weighted by molar-refractivity contribution is 5.85. The predicted molar refractivity (Wildman–Crippen MR) is 115 cm³/mol. The zero-order valence-corrected chi connectivity index (χ0v) is 17.4. The van der Waals surface area contributed by atoms with Gasteiger partial charge in [-0.25, -0.2) is 9.64 Å². The fraction of sp³-hybridized carbons (Fsp3) is 0.174. The third kappa shape index (κ3) is 4.49. The molecule has 32 heavy (non-hydrogen) atoms. The van der Waals surface area contributed by atoms with Gasteiger partial charge in [0.05, 0.1) is 19.2 Å². The van der Waals surface area contributed by atoms with E-state index >= 15 is 0 Å². The van der Waals surface area contributed by atoms with Gasteiger partial charge in [0, 0.05) is 17.3 Å². The molecule has 9 heteroatoms. The number of carbonyl (C=O) groups is 1. The first-order valence-corrected chi connectivity index (χ1v) is 9.81. The molecule has 2 heterocycles. The average Bonchev–Trinajstić information content (AvgIpc) is 3.44. The minimum atomic E-state index is -1.06. The molecule has 0 saturated heterocycles. The van der Waals surface area contributed by atoms with Crippen LogP contribution in [0.3, 0.4) is 0 Å². The second-order valence-electron chi connectivity index (χ2n) is 7.28. The topological polar surface area (TPSA) is 108 Å². The predicted octanol–water partition coefficient (Wildman–Crippen LogP) is 4.68. The fourth-order valence-corrected chi connectivity index (χ4v) is 3.06. The molecule has 0 saturated carbocycles. The molecule has 0 aliphatic heterocycles. The lowest BCUT2D eigenvalue weighted by molar-refractivity contribution is 0.0689. The Bertz CT molecular complexity index is 1300. The van der Waals surface area contributed by atoms with E-state index in [0.717, 1.165) is 11.1 Å². The van der Waals surface area contributed by atoms with Crippen LogP contribution in [-0.4, -0.2) is 37.1 Å². The zero-order chi connectivity index (χ0) is 22.7. The van der Waals surface area contributed by atoms with Gasteiger partial charge in [0.25, 0.3) is 5.89 Å². The van der Waals surface area contributed by atoms with Crippen LogP contribution in [0.2, 0.25) is 0 Å². The Balaban J connectivity index is 1.51. The van der Waals surface area contributed by atoms with E-state index < -0.39 is 5.97 Å². The third-order valence-corrected chi connectivity index (χ3v) is 4.53. The lowest BCUT2D eigenvalue weighted by Crippen LogP contribution is -2.05. The summed E-state index contributed by atoms with van der Waals surface area (Å²) in [6.07, 6.45) is 1.59. The molecule has 0 fully saturated rings. The van der Waals surface area contributed by atoms with E-state index in [-0.39, 0.29) is 11.8 Å². The number of hydrogen-bond acceptors (Lipinski definition) is 6. The Kier molecular flexibility index (Phi) is 5.68. The van der Waals surface area contributed by atoms with E-state index in [1.165, 1.54) is 6.07 Å². The van der Waals surface area contributed by atoms with Gasteiger partial charge in [-0.05, 0) is 43.7 Å². The highest BCUT2D eigenvalue weighted by Crippen LogP contribution is 2.33. The standard InChI is InChI=1S/C23H19N5O4/c1-14(2)31-20-9-8-17(12-19(20)24-3)22-25-21(27-32-22)16-6-4-15(5-7-16)13-28-11-10-18(26-28)23(29)30/h4-12,14H,13H2,1-2H3,(H,29,30). The van der Waals surface area contributed by atoms with Gasteiger partial charge in [0.2, 0.25) is 11.5 Å². The number of aromatic carboxylic acids is 1. The third-order valence-electron chi connectivity index (χ3n) is 4.53. The normalized spacial score (nSPS) is 10.8. The quantitative estimate of drug-likeness (QED) is 0.425. The molecule has 4 rings (SSSR count). The highest BCUT2D eigenvalue weighted by Gasteiger charge is 2.14. The molecule has 1 N–H and O–H groups in total. The number of rotatable bonds is 7. The van der Waals surface area contributed by atoms with Crippen LogP contribution in [0, 0.1) is 6.57 Å². The van der Waals surface area contributed by atoms with Crippen molar-refractivity contribution in [2.45, 2.75) is 26.5 Å². The molecule has 0 amide bonds. The zero-order valence-electron chi connectivity index (χ0n) is 17.4. The number of carboxylic acid groups (broad SMARTS) is 1. The maximum atomic E-state index is 10.9. The van der Waals surface area contributed by atoms with Crippen LogP contribution in [0.1, 0.15) is 29.9 Å². The number of benzene rings is 2. The van der Waals surface area contributed by atoms with Crippen LogP contribution in [0.25, 0.3) is 27.7 Å². The Hall–Kier alpha value is -4.45. The van der Waals surface area contributed by atoms with Gasteiger partial charge in [-0.3, -0.25) is 4.68 Å². The van der Waals surface area contributed by atoms with Crippen molar-refractivity contribution in [2.75, 3.05) is 0 Å². The Morgan fingerprint density at radius 1 is 1.19 bits per heavy atom. The first kappa shape index (κ1) is 20.8. The summed E-state index contributed by atoms with van der Waals surface area (Å²) in [6.45, 7) is 11.6. The molecule has 2 aromatic heterocycles. The molecular formula is C23H19N5O4. The first-order valence-electron chi connectivity index (χ1n) is 9.81. The summed E-state index contributed by atoms with van der Waals surface area (Å²) in [5.41, 5.74) is 2.73. The molecule has 0 aliphatic carbocycles. The molecule has 0 unspecified atom stereocenters. The second-order valence-corrected chi connectivity index (χ2v) is 7.28. The molecular weight excluding hydrogens is 410 g/mol. The van der Waals surface area contributed by atoms with Crippen LogP contribution in [0.5, 0.6) is 5.75 Å². The van der Waals surface area contributed by atoms with Crippen molar-refractivity contribution in [2.24, 2.45) is 0 Å². The summed E-state index contributed by atoms with van der Waals surface area (Å²) in [7, 11) is 0. The van der Waals surface area contributed by atoms with Crippen LogP contribution in [0.4, 0.5) is 5.69 Å². The Morgan fingerprint density at radius 2 is 1.94 bits per heavy atom. The number of nitrogens with zero attached hydrogens (tertiary/aromatic N) is 5. The van der Waals surface area contributed by atoms with Crippen LogP contribution >= 0.6 is 0 Å². The van der Waals surface area contributed by atoms with E-state index in [1.807, 2.05) is 38.1 Å². The molecule has 0 atom stereocenters. The van der Waals surface area contributed by atoms with Crippen molar-refractivity contribution >= 4 is 11.7 Å². The summed E-state index contributed by atoms with van der Waals surface area (Å²) in [5, 5.41) is 17.0. The van der Waals surface area contributed by atoms with Crippen LogP contribution in [-0.2, 0) is 6.54 Å². The summed E-state index contributed by atoms with van der Waals surface area (Å²) in [4.78, 5) is 18.9. The van der Waals surface area contributed by atoms with Crippen molar-refractivity contribution in [1.82, 2.24) is 19.9 Å². The van der Waals surface area contributed by atoms with Gasteiger partial charge in [-0.2, -0.15) is 10.1 Å². The largest absolute Gasteiger partial charge is 0.502 e. The van der Waals surface area contributed by atoms with Gasteiger partial charge < -0.3 is 14.4 Å². The molecule has 160 valence electrons. The van der Waals surface area contributed by atoms with Gasteiger partial charge >= 0.3 is 5.97 Å². The molecule has 9 nitrogen and oxygen atoms in total. The summed E-state index contributed by atoms with van der Waals surface area (Å²) >= 11 is 0. The van der Waals surface area contributed by atoms with E-state index in [9.17, 15) is 4.79 Å². The van der Waals surface area contributed by atoms with Crippen molar-refractivity contribution in [3.63, 3.8) is 0 Å². The lowest BCUT2D eigenvalue weighted by atomic mass is 10.1. The molecule has 4 aromatic rings. The Labute approximate surface area is 183 Å². The average molecular weight is 429 g/mol. The minimum absolute atomic E-state index is 0.00567. The molecule has 0 radical (unpaired) electrons.